The Balaban J connectivity index is 0.00000147. The van der Waals surface area contributed by atoms with Crippen LogP contribution in [0.1, 0.15) is 17.9 Å². The smallest absolute Gasteiger partial charge is 0.223 e. The van der Waals surface area contributed by atoms with Crippen LogP contribution in [-0.2, 0) is 4.79 Å². The number of halogens is 1. The van der Waals surface area contributed by atoms with Crippen molar-refractivity contribution in [3.8, 4) is 11.5 Å². The van der Waals surface area contributed by atoms with Gasteiger partial charge in [0.1, 0.15) is 13.2 Å². The lowest BCUT2D eigenvalue weighted by molar-refractivity contribution is -0.122. The van der Waals surface area contributed by atoms with Gasteiger partial charge in [-0.1, -0.05) is 6.07 Å². The molecule has 1 aliphatic carbocycles. The average molecular weight is 299 g/mol. The molecule has 2 unspecified atom stereocenters. The van der Waals surface area contributed by atoms with Crippen LogP contribution in [0.5, 0.6) is 11.5 Å². The molecule has 20 heavy (non-hydrogen) atoms. The lowest BCUT2D eigenvalue weighted by Crippen LogP contribution is -2.30. The number of carbonyl (C=O) groups is 1. The summed E-state index contributed by atoms with van der Waals surface area (Å²) in [5.41, 5.74) is 6.52. The Labute approximate surface area is 124 Å². The molecule has 0 bridgehead atoms. The highest BCUT2D eigenvalue weighted by molar-refractivity contribution is 5.85. The molecule has 0 radical (unpaired) electrons. The summed E-state index contributed by atoms with van der Waals surface area (Å²) in [5, 5.41) is 2.84. The molecule has 2 atom stereocenters. The quantitative estimate of drug-likeness (QED) is 0.872. The van der Waals surface area contributed by atoms with Gasteiger partial charge in [-0.05, 0) is 30.0 Å². The first kappa shape index (κ1) is 14.9. The zero-order chi connectivity index (χ0) is 13.2. The van der Waals surface area contributed by atoms with E-state index in [1.807, 2.05) is 18.2 Å². The highest BCUT2D eigenvalue weighted by Crippen LogP contribution is 2.49. The number of carbonyl (C=O) groups excluding carboxylic acids is 1. The van der Waals surface area contributed by atoms with Crippen molar-refractivity contribution in [3.63, 3.8) is 0 Å². The second kappa shape index (κ2) is 6.33. The van der Waals surface area contributed by atoms with Crippen molar-refractivity contribution in [1.82, 2.24) is 5.32 Å². The summed E-state index contributed by atoms with van der Waals surface area (Å²) in [6.07, 6.45) is 0.899. The molecule has 6 heteroatoms. The van der Waals surface area contributed by atoms with Gasteiger partial charge < -0.3 is 20.5 Å². The zero-order valence-corrected chi connectivity index (χ0v) is 11.9. The Bertz CT molecular complexity index is 495. The third-order valence-corrected chi connectivity index (χ3v) is 3.57. The first-order chi connectivity index (χ1) is 9.29. The molecule has 3 rings (SSSR count). The van der Waals surface area contributed by atoms with Crippen LogP contribution in [0.15, 0.2) is 18.2 Å². The predicted octanol–water partition coefficient (Wildman–Crippen LogP) is 1.06. The van der Waals surface area contributed by atoms with Gasteiger partial charge in [0.15, 0.2) is 11.5 Å². The van der Waals surface area contributed by atoms with Crippen molar-refractivity contribution in [3.05, 3.63) is 23.8 Å². The number of benzene rings is 1. The summed E-state index contributed by atoms with van der Waals surface area (Å²) < 4.78 is 11.0. The van der Waals surface area contributed by atoms with Crippen LogP contribution in [0.3, 0.4) is 0 Å². The number of nitrogens with two attached hydrogens (primary N) is 1. The standard InChI is InChI=1S/C14H18N2O3.ClH/c15-3-4-16-14(17)11-8-10(11)9-1-2-12-13(7-9)19-6-5-18-12;/h1-2,7,10-11H,3-6,8,15H2,(H,16,17);1H. The molecule has 0 aromatic heterocycles. The van der Waals surface area contributed by atoms with Gasteiger partial charge in [-0.2, -0.15) is 0 Å². The van der Waals surface area contributed by atoms with E-state index < -0.39 is 0 Å². The van der Waals surface area contributed by atoms with Crippen molar-refractivity contribution in [1.29, 1.82) is 0 Å². The van der Waals surface area contributed by atoms with Gasteiger partial charge in [0, 0.05) is 19.0 Å². The number of rotatable bonds is 4. The van der Waals surface area contributed by atoms with Crippen LogP contribution in [0.25, 0.3) is 0 Å². The van der Waals surface area contributed by atoms with E-state index in [0.717, 1.165) is 23.5 Å². The van der Waals surface area contributed by atoms with E-state index in [1.165, 1.54) is 0 Å². The maximum absolute atomic E-state index is 11.8. The van der Waals surface area contributed by atoms with Gasteiger partial charge in [-0.15, -0.1) is 12.4 Å². The van der Waals surface area contributed by atoms with E-state index in [1.54, 1.807) is 0 Å². The normalized spacial score (nSPS) is 22.6. The first-order valence-electron chi connectivity index (χ1n) is 6.67. The summed E-state index contributed by atoms with van der Waals surface area (Å²) in [6.45, 7) is 2.21. The molecule has 1 saturated carbocycles. The molecule has 1 amide bonds. The largest absolute Gasteiger partial charge is 0.486 e. The maximum atomic E-state index is 11.8. The van der Waals surface area contributed by atoms with Crippen molar-refractivity contribution in [2.45, 2.75) is 12.3 Å². The minimum atomic E-state index is 0. The first-order valence-corrected chi connectivity index (χ1v) is 6.67. The molecule has 0 saturated heterocycles. The van der Waals surface area contributed by atoms with E-state index in [9.17, 15) is 4.79 Å². The van der Waals surface area contributed by atoms with Crippen molar-refractivity contribution < 1.29 is 14.3 Å². The van der Waals surface area contributed by atoms with Gasteiger partial charge in [0.2, 0.25) is 5.91 Å². The van der Waals surface area contributed by atoms with Gasteiger partial charge in [0.25, 0.3) is 0 Å². The molecule has 0 spiro atoms. The van der Waals surface area contributed by atoms with Crippen LogP contribution in [0.2, 0.25) is 0 Å². The monoisotopic (exact) mass is 298 g/mol. The fourth-order valence-corrected chi connectivity index (χ4v) is 2.47. The van der Waals surface area contributed by atoms with E-state index in [4.69, 9.17) is 15.2 Å². The fourth-order valence-electron chi connectivity index (χ4n) is 2.47. The summed E-state index contributed by atoms with van der Waals surface area (Å²) in [6, 6.07) is 5.95. The molecule has 5 nitrogen and oxygen atoms in total. The summed E-state index contributed by atoms with van der Waals surface area (Å²) in [5.74, 6) is 2.06. The molecule has 1 aliphatic heterocycles. The summed E-state index contributed by atoms with van der Waals surface area (Å²) in [4.78, 5) is 11.8. The van der Waals surface area contributed by atoms with E-state index in [-0.39, 0.29) is 24.2 Å². The van der Waals surface area contributed by atoms with Crippen LogP contribution in [0, 0.1) is 5.92 Å². The fraction of sp³-hybridized carbons (Fsp3) is 0.500. The highest BCUT2D eigenvalue weighted by Gasteiger charge is 2.44. The lowest BCUT2D eigenvalue weighted by atomic mass is 10.1. The second-order valence-electron chi connectivity index (χ2n) is 4.93. The number of amides is 1. The van der Waals surface area contributed by atoms with Gasteiger partial charge in [0.05, 0.1) is 0 Å². The zero-order valence-electron chi connectivity index (χ0n) is 11.1. The molecule has 1 aromatic carbocycles. The summed E-state index contributed by atoms with van der Waals surface area (Å²) >= 11 is 0. The van der Waals surface area contributed by atoms with E-state index in [0.29, 0.717) is 32.2 Å². The van der Waals surface area contributed by atoms with Gasteiger partial charge in [-0.25, -0.2) is 0 Å². The third kappa shape index (κ3) is 2.99. The van der Waals surface area contributed by atoms with E-state index >= 15 is 0 Å². The molecular weight excluding hydrogens is 280 g/mol. The Kier molecular flexibility index (Phi) is 4.73. The lowest BCUT2D eigenvalue weighted by Gasteiger charge is -2.18. The minimum Gasteiger partial charge on any atom is -0.486 e. The number of ether oxygens (including phenoxy) is 2. The Morgan fingerprint density at radius 2 is 2.05 bits per heavy atom. The second-order valence-corrected chi connectivity index (χ2v) is 4.93. The van der Waals surface area contributed by atoms with Crippen molar-refractivity contribution >= 4 is 18.3 Å². The highest BCUT2D eigenvalue weighted by atomic mass is 35.5. The minimum absolute atomic E-state index is 0. The molecule has 1 fully saturated rings. The summed E-state index contributed by atoms with van der Waals surface area (Å²) in [7, 11) is 0. The number of hydrogen-bond donors (Lipinski definition) is 2. The van der Waals surface area contributed by atoms with Gasteiger partial charge in [-0.3, -0.25) is 4.79 Å². The molecule has 1 heterocycles. The topological polar surface area (TPSA) is 73.6 Å². The average Bonchev–Trinajstić information content (AvgIpc) is 3.24. The number of fused-ring (bicyclic) bond motifs is 1. The third-order valence-electron chi connectivity index (χ3n) is 3.57. The van der Waals surface area contributed by atoms with Crippen LogP contribution < -0.4 is 20.5 Å². The Morgan fingerprint density at radius 3 is 2.80 bits per heavy atom. The SMILES string of the molecule is Cl.NCCNC(=O)C1CC1c1ccc2c(c1)OCCO2. The van der Waals surface area contributed by atoms with Crippen LogP contribution in [-0.4, -0.2) is 32.2 Å². The number of nitrogens with one attached hydrogen (secondary N) is 1. The van der Waals surface area contributed by atoms with Crippen molar-refractivity contribution in [2.75, 3.05) is 26.3 Å². The molecule has 3 N–H and O–H groups in total. The number of hydrogen-bond acceptors (Lipinski definition) is 4. The van der Waals surface area contributed by atoms with Crippen LogP contribution >= 0.6 is 12.4 Å². The predicted molar refractivity (Wildman–Crippen MR) is 77.6 cm³/mol. The molecule has 110 valence electrons. The van der Waals surface area contributed by atoms with Gasteiger partial charge >= 0.3 is 0 Å². The molecule has 2 aliphatic rings. The molecular formula is C14H19ClN2O3. The maximum Gasteiger partial charge on any atom is 0.223 e. The van der Waals surface area contributed by atoms with Crippen molar-refractivity contribution in [2.24, 2.45) is 11.7 Å². The Morgan fingerprint density at radius 1 is 1.30 bits per heavy atom. The molecule has 1 aromatic rings. The van der Waals surface area contributed by atoms with Crippen LogP contribution in [0.4, 0.5) is 0 Å². The Hall–Kier alpha value is -1.46. The van der Waals surface area contributed by atoms with E-state index in [2.05, 4.69) is 5.32 Å².